The molecule has 9 heteroatoms. The normalized spacial score (nSPS) is 11.8. The summed E-state index contributed by atoms with van der Waals surface area (Å²) in [5.41, 5.74) is 1.99. The first-order valence-corrected chi connectivity index (χ1v) is 9.16. The molecule has 2 heterocycles. The summed E-state index contributed by atoms with van der Waals surface area (Å²) in [5, 5.41) is 15.9. The second kappa shape index (κ2) is 9.54. The summed E-state index contributed by atoms with van der Waals surface area (Å²) in [5.74, 6) is -1.05. The zero-order chi connectivity index (χ0) is 20.6. The van der Waals surface area contributed by atoms with Crippen molar-refractivity contribution in [2.45, 2.75) is 26.2 Å². The molecule has 1 unspecified atom stereocenters. The van der Waals surface area contributed by atoms with Crippen molar-refractivity contribution < 1.29 is 19.2 Å². The minimum absolute atomic E-state index is 0.0506. The molecule has 1 atom stereocenters. The standard InChI is InChI=1S/C20H21N5O4/c1-13-4-2-5-14(10-13)11-15(20(27)28)12-23-16(26)6-7-17-24-19(25-29-17)18-21-8-3-9-22-18/h2-5,8-10,15H,6-7,11-12H2,1H3,(H,23,26)(H,27,28). The zero-order valence-corrected chi connectivity index (χ0v) is 15.9. The fraction of sp³-hybridized carbons (Fsp3) is 0.300. The topological polar surface area (TPSA) is 131 Å². The van der Waals surface area contributed by atoms with E-state index in [0.29, 0.717) is 12.2 Å². The third kappa shape index (κ3) is 5.93. The maximum atomic E-state index is 12.1. The molecule has 0 bridgehead atoms. The van der Waals surface area contributed by atoms with E-state index in [2.05, 4.69) is 25.4 Å². The van der Waals surface area contributed by atoms with Crippen molar-refractivity contribution in [3.05, 3.63) is 59.7 Å². The van der Waals surface area contributed by atoms with Gasteiger partial charge in [0.1, 0.15) is 0 Å². The summed E-state index contributed by atoms with van der Waals surface area (Å²) >= 11 is 0. The van der Waals surface area contributed by atoms with E-state index in [1.54, 1.807) is 18.5 Å². The van der Waals surface area contributed by atoms with Gasteiger partial charge in [-0.2, -0.15) is 4.98 Å². The Morgan fingerprint density at radius 3 is 2.69 bits per heavy atom. The van der Waals surface area contributed by atoms with Crippen molar-refractivity contribution >= 4 is 11.9 Å². The summed E-state index contributed by atoms with van der Waals surface area (Å²) in [7, 11) is 0. The molecule has 0 fully saturated rings. The van der Waals surface area contributed by atoms with E-state index in [-0.39, 0.29) is 37.0 Å². The van der Waals surface area contributed by atoms with Crippen LogP contribution in [0.15, 0.2) is 47.2 Å². The van der Waals surface area contributed by atoms with Crippen LogP contribution >= 0.6 is 0 Å². The van der Waals surface area contributed by atoms with Crippen molar-refractivity contribution in [2.24, 2.45) is 5.92 Å². The number of aromatic nitrogens is 4. The first kappa shape index (κ1) is 20.1. The maximum Gasteiger partial charge on any atom is 0.308 e. The van der Waals surface area contributed by atoms with Crippen LogP contribution in [0.4, 0.5) is 0 Å². The van der Waals surface area contributed by atoms with Gasteiger partial charge in [0.25, 0.3) is 0 Å². The largest absolute Gasteiger partial charge is 0.481 e. The Hall–Kier alpha value is -3.62. The number of carbonyl (C=O) groups excluding carboxylic acids is 1. The Morgan fingerprint density at radius 1 is 1.17 bits per heavy atom. The van der Waals surface area contributed by atoms with E-state index < -0.39 is 11.9 Å². The van der Waals surface area contributed by atoms with Crippen molar-refractivity contribution in [1.29, 1.82) is 0 Å². The van der Waals surface area contributed by atoms with Crippen LogP contribution in [0.1, 0.15) is 23.4 Å². The SMILES string of the molecule is Cc1cccc(CC(CNC(=O)CCc2nc(-c3ncccn3)no2)C(=O)O)c1. The second-order valence-electron chi connectivity index (χ2n) is 6.62. The Bertz CT molecular complexity index is 974. The molecule has 3 aromatic rings. The van der Waals surface area contributed by atoms with Crippen LogP contribution in [-0.4, -0.2) is 43.6 Å². The molecule has 0 aliphatic rings. The summed E-state index contributed by atoms with van der Waals surface area (Å²) in [6.07, 6.45) is 3.83. The number of amides is 1. The van der Waals surface area contributed by atoms with Crippen molar-refractivity contribution in [1.82, 2.24) is 25.4 Å². The average molecular weight is 395 g/mol. The van der Waals surface area contributed by atoms with Gasteiger partial charge in [-0.15, -0.1) is 0 Å². The molecule has 1 aromatic carbocycles. The molecule has 0 aliphatic carbocycles. The lowest BCUT2D eigenvalue weighted by Gasteiger charge is -2.13. The molecule has 1 amide bonds. The highest BCUT2D eigenvalue weighted by atomic mass is 16.5. The molecule has 29 heavy (non-hydrogen) atoms. The molecular weight excluding hydrogens is 374 g/mol. The van der Waals surface area contributed by atoms with Crippen LogP contribution in [0, 0.1) is 12.8 Å². The summed E-state index contributed by atoms with van der Waals surface area (Å²) in [6, 6.07) is 9.35. The Kier molecular flexibility index (Phi) is 6.62. The van der Waals surface area contributed by atoms with Gasteiger partial charge >= 0.3 is 5.97 Å². The van der Waals surface area contributed by atoms with E-state index in [0.717, 1.165) is 11.1 Å². The van der Waals surface area contributed by atoms with Crippen LogP contribution in [0.25, 0.3) is 11.6 Å². The lowest BCUT2D eigenvalue weighted by atomic mass is 9.98. The second-order valence-corrected chi connectivity index (χ2v) is 6.62. The Morgan fingerprint density at radius 2 is 1.97 bits per heavy atom. The fourth-order valence-electron chi connectivity index (χ4n) is 2.78. The molecule has 0 saturated carbocycles. The van der Waals surface area contributed by atoms with Crippen molar-refractivity contribution in [2.75, 3.05) is 6.54 Å². The van der Waals surface area contributed by atoms with Gasteiger partial charge in [-0.1, -0.05) is 35.0 Å². The van der Waals surface area contributed by atoms with E-state index in [4.69, 9.17) is 4.52 Å². The van der Waals surface area contributed by atoms with E-state index in [1.807, 2.05) is 31.2 Å². The van der Waals surface area contributed by atoms with Crippen LogP contribution in [0.3, 0.4) is 0 Å². The van der Waals surface area contributed by atoms with Gasteiger partial charge < -0.3 is 14.9 Å². The fourth-order valence-corrected chi connectivity index (χ4v) is 2.78. The molecule has 0 saturated heterocycles. The number of carbonyl (C=O) groups is 2. The Labute approximate surface area is 167 Å². The summed E-state index contributed by atoms with van der Waals surface area (Å²) in [6.45, 7) is 2.00. The number of rotatable bonds is 9. The van der Waals surface area contributed by atoms with Crippen molar-refractivity contribution in [3.63, 3.8) is 0 Å². The van der Waals surface area contributed by atoms with Gasteiger partial charge in [-0.3, -0.25) is 9.59 Å². The molecular formula is C20H21N5O4. The minimum Gasteiger partial charge on any atom is -0.481 e. The number of carboxylic acid groups (broad SMARTS) is 1. The molecule has 2 aromatic heterocycles. The third-order valence-corrected chi connectivity index (χ3v) is 4.26. The number of hydrogen-bond acceptors (Lipinski definition) is 7. The molecule has 150 valence electrons. The predicted molar refractivity (Wildman–Crippen MR) is 103 cm³/mol. The molecule has 2 N–H and O–H groups in total. The van der Waals surface area contributed by atoms with Crippen LogP contribution in [-0.2, 0) is 22.4 Å². The van der Waals surface area contributed by atoms with Gasteiger partial charge in [-0.05, 0) is 25.0 Å². The lowest BCUT2D eigenvalue weighted by molar-refractivity contribution is -0.141. The summed E-state index contributed by atoms with van der Waals surface area (Å²) < 4.78 is 5.11. The summed E-state index contributed by atoms with van der Waals surface area (Å²) in [4.78, 5) is 35.9. The number of benzene rings is 1. The number of hydrogen-bond donors (Lipinski definition) is 2. The van der Waals surface area contributed by atoms with Gasteiger partial charge in [0.05, 0.1) is 5.92 Å². The van der Waals surface area contributed by atoms with Gasteiger partial charge in [0.15, 0.2) is 0 Å². The highest BCUT2D eigenvalue weighted by Gasteiger charge is 2.19. The highest BCUT2D eigenvalue weighted by molar-refractivity contribution is 5.77. The number of aryl methyl sites for hydroxylation is 2. The smallest absolute Gasteiger partial charge is 0.308 e. The molecule has 0 radical (unpaired) electrons. The number of nitrogens with zero attached hydrogens (tertiary/aromatic N) is 4. The molecule has 0 aliphatic heterocycles. The van der Waals surface area contributed by atoms with Crippen LogP contribution in [0.2, 0.25) is 0 Å². The van der Waals surface area contributed by atoms with Crippen LogP contribution in [0.5, 0.6) is 0 Å². The lowest BCUT2D eigenvalue weighted by Crippen LogP contribution is -2.34. The maximum absolute atomic E-state index is 12.1. The van der Waals surface area contributed by atoms with E-state index in [1.165, 1.54) is 0 Å². The van der Waals surface area contributed by atoms with Crippen LogP contribution < -0.4 is 5.32 Å². The number of aliphatic carboxylic acids is 1. The number of nitrogens with one attached hydrogen (secondary N) is 1. The third-order valence-electron chi connectivity index (χ3n) is 4.26. The van der Waals surface area contributed by atoms with Crippen molar-refractivity contribution in [3.8, 4) is 11.6 Å². The van der Waals surface area contributed by atoms with Gasteiger partial charge in [-0.25, -0.2) is 9.97 Å². The monoisotopic (exact) mass is 395 g/mol. The molecule has 0 spiro atoms. The van der Waals surface area contributed by atoms with Gasteiger partial charge in [0, 0.05) is 31.8 Å². The zero-order valence-electron chi connectivity index (χ0n) is 15.9. The molecule has 3 rings (SSSR count). The first-order valence-electron chi connectivity index (χ1n) is 9.16. The number of carboxylic acids is 1. The van der Waals surface area contributed by atoms with E-state index >= 15 is 0 Å². The minimum atomic E-state index is -0.948. The van der Waals surface area contributed by atoms with Gasteiger partial charge in [0.2, 0.25) is 23.4 Å². The Balaban J connectivity index is 1.48. The first-order chi connectivity index (χ1) is 14.0. The van der Waals surface area contributed by atoms with E-state index in [9.17, 15) is 14.7 Å². The quantitative estimate of drug-likeness (QED) is 0.561. The predicted octanol–water partition coefficient (Wildman–Crippen LogP) is 1.83. The molecule has 9 nitrogen and oxygen atoms in total. The highest BCUT2D eigenvalue weighted by Crippen LogP contribution is 2.12. The average Bonchev–Trinajstić information content (AvgIpc) is 3.19.